The summed E-state index contributed by atoms with van der Waals surface area (Å²) in [5, 5.41) is 0. The number of nitrogens with zero attached hydrogens (tertiary/aromatic N) is 2. The van der Waals surface area contributed by atoms with Gasteiger partial charge in [-0.1, -0.05) is 18.2 Å². The van der Waals surface area contributed by atoms with Crippen LogP contribution in [-0.2, 0) is 21.2 Å². The van der Waals surface area contributed by atoms with E-state index in [0.29, 0.717) is 6.07 Å². The molecule has 1 aliphatic heterocycles. The zero-order valence-corrected chi connectivity index (χ0v) is 17.4. The average Bonchev–Trinajstić information content (AvgIpc) is 2.71. The van der Waals surface area contributed by atoms with Gasteiger partial charge in [0.05, 0.1) is 0 Å². The van der Waals surface area contributed by atoms with Crippen molar-refractivity contribution in [3.05, 3.63) is 59.7 Å². The number of alkyl halides is 3. The van der Waals surface area contributed by atoms with E-state index in [2.05, 4.69) is 4.74 Å². The minimum Gasteiger partial charge on any atom is -0.406 e. The van der Waals surface area contributed by atoms with E-state index in [1.165, 1.54) is 23.1 Å². The number of rotatable bonds is 6. The fraction of sp³-hybridized carbons (Fsp3) is 0.350. The molecule has 0 aliphatic carbocycles. The van der Waals surface area contributed by atoms with Gasteiger partial charge in [-0.2, -0.15) is 4.31 Å². The van der Waals surface area contributed by atoms with Crippen LogP contribution in [0.2, 0.25) is 0 Å². The molecule has 0 bridgehead atoms. The van der Waals surface area contributed by atoms with Gasteiger partial charge in [0, 0.05) is 38.7 Å². The maximum atomic E-state index is 13.9. The quantitative estimate of drug-likeness (QED) is 0.598. The topological polar surface area (TPSA) is 66.9 Å². The maximum Gasteiger partial charge on any atom is 0.573 e. The number of benzene rings is 2. The second-order valence-corrected chi connectivity index (χ2v) is 8.92. The summed E-state index contributed by atoms with van der Waals surface area (Å²) in [6, 6.07) is 7.67. The van der Waals surface area contributed by atoms with Crippen molar-refractivity contribution in [2.75, 3.05) is 26.2 Å². The molecule has 2 aromatic carbocycles. The smallest absolute Gasteiger partial charge is 0.406 e. The number of aryl methyl sites for hydroxylation is 1. The first kappa shape index (κ1) is 23.9. The van der Waals surface area contributed by atoms with Gasteiger partial charge in [0.1, 0.15) is 22.3 Å². The first-order valence-electron chi connectivity index (χ1n) is 9.54. The van der Waals surface area contributed by atoms with Gasteiger partial charge < -0.3 is 9.64 Å². The second-order valence-electron chi connectivity index (χ2n) is 7.02. The lowest BCUT2D eigenvalue weighted by molar-refractivity contribution is -0.274. The number of amides is 1. The Morgan fingerprint density at radius 3 is 2.28 bits per heavy atom. The van der Waals surface area contributed by atoms with Crippen molar-refractivity contribution >= 4 is 15.9 Å². The molecule has 1 fully saturated rings. The van der Waals surface area contributed by atoms with Gasteiger partial charge >= 0.3 is 6.36 Å². The summed E-state index contributed by atoms with van der Waals surface area (Å²) >= 11 is 0. The molecule has 1 aliphatic rings. The van der Waals surface area contributed by atoms with Crippen LogP contribution in [0.25, 0.3) is 0 Å². The van der Waals surface area contributed by atoms with E-state index in [0.717, 1.165) is 22.5 Å². The van der Waals surface area contributed by atoms with Gasteiger partial charge in [-0.15, -0.1) is 13.2 Å². The summed E-state index contributed by atoms with van der Waals surface area (Å²) in [5.74, 6) is -2.86. The van der Waals surface area contributed by atoms with E-state index >= 15 is 0 Å². The lowest BCUT2D eigenvalue weighted by Crippen LogP contribution is -2.50. The molecule has 0 saturated carbocycles. The zero-order chi connectivity index (χ0) is 23.5. The van der Waals surface area contributed by atoms with E-state index in [1.54, 1.807) is 0 Å². The van der Waals surface area contributed by atoms with E-state index in [1.807, 2.05) is 0 Å². The highest BCUT2D eigenvalue weighted by Crippen LogP contribution is 2.27. The summed E-state index contributed by atoms with van der Waals surface area (Å²) in [5.41, 5.74) is 0.214. The van der Waals surface area contributed by atoms with Crippen LogP contribution in [0.5, 0.6) is 5.75 Å². The van der Waals surface area contributed by atoms with E-state index in [9.17, 15) is 35.2 Å². The molecule has 3 rings (SSSR count). The number of piperazine rings is 1. The third-order valence-corrected chi connectivity index (χ3v) is 6.84. The predicted octanol–water partition coefficient (Wildman–Crippen LogP) is 3.33. The molecule has 0 radical (unpaired) electrons. The number of sulfonamides is 1. The summed E-state index contributed by atoms with van der Waals surface area (Å²) in [7, 11) is -4.21. The highest BCUT2D eigenvalue weighted by molar-refractivity contribution is 7.89. The number of carbonyl (C=O) groups is 1. The van der Waals surface area contributed by atoms with Crippen LogP contribution in [0, 0.1) is 11.6 Å². The van der Waals surface area contributed by atoms with Crippen LogP contribution in [0.1, 0.15) is 12.0 Å². The largest absolute Gasteiger partial charge is 0.573 e. The maximum absolute atomic E-state index is 13.9. The summed E-state index contributed by atoms with van der Waals surface area (Å²) in [6.45, 7) is -0.138. The first-order chi connectivity index (χ1) is 15.0. The predicted molar refractivity (Wildman–Crippen MR) is 103 cm³/mol. The average molecular weight is 478 g/mol. The molecule has 174 valence electrons. The third-order valence-electron chi connectivity index (χ3n) is 4.91. The van der Waals surface area contributed by atoms with Gasteiger partial charge in [-0.05, 0) is 30.2 Å². The minimum atomic E-state index is -4.86. The Morgan fingerprint density at radius 2 is 1.66 bits per heavy atom. The highest BCUT2D eigenvalue weighted by Gasteiger charge is 2.33. The standard InChI is InChI=1S/C20H19F5N2O4S/c21-15-6-7-18(16(22)13-15)32(29,30)27-11-9-26(10-12-27)19(28)8-5-14-3-1-2-4-17(14)31-20(23,24)25/h1-4,6-7,13H,5,8-12H2. The fourth-order valence-corrected chi connectivity index (χ4v) is 4.80. The molecule has 32 heavy (non-hydrogen) atoms. The third kappa shape index (κ3) is 5.74. The number of carbonyl (C=O) groups excluding carboxylic acids is 1. The molecule has 0 aromatic heterocycles. The van der Waals surface area contributed by atoms with Gasteiger partial charge in [0.15, 0.2) is 0 Å². The molecule has 0 atom stereocenters. The Labute approximate surface area is 181 Å². The summed E-state index contributed by atoms with van der Waals surface area (Å²) < 4.78 is 94.7. The van der Waals surface area contributed by atoms with Crippen LogP contribution in [-0.4, -0.2) is 56.1 Å². The Bertz CT molecular complexity index is 1080. The number of halogens is 5. The Morgan fingerprint density at radius 1 is 1.00 bits per heavy atom. The first-order valence-corrected chi connectivity index (χ1v) is 11.0. The molecule has 0 spiro atoms. The van der Waals surface area contributed by atoms with Gasteiger partial charge in [0.2, 0.25) is 15.9 Å². The SMILES string of the molecule is O=C(CCc1ccccc1OC(F)(F)F)N1CCN(S(=O)(=O)c2ccc(F)cc2F)CC1. The van der Waals surface area contributed by atoms with Crippen molar-refractivity contribution < 1.29 is 39.9 Å². The van der Waals surface area contributed by atoms with Gasteiger partial charge in [-0.3, -0.25) is 4.79 Å². The van der Waals surface area contributed by atoms with E-state index in [4.69, 9.17) is 0 Å². The highest BCUT2D eigenvalue weighted by atomic mass is 32.2. The van der Waals surface area contributed by atoms with Gasteiger partial charge in [-0.25, -0.2) is 17.2 Å². The van der Waals surface area contributed by atoms with Crippen LogP contribution < -0.4 is 4.74 Å². The molecule has 1 heterocycles. The number of ether oxygens (including phenoxy) is 1. The van der Waals surface area contributed by atoms with Gasteiger partial charge in [0.25, 0.3) is 0 Å². The zero-order valence-electron chi connectivity index (χ0n) is 16.6. The molecule has 12 heteroatoms. The summed E-state index contributed by atoms with van der Waals surface area (Å²) in [6.07, 6.45) is -4.95. The fourth-order valence-electron chi connectivity index (χ4n) is 3.34. The summed E-state index contributed by atoms with van der Waals surface area (Å²) in [4.78, 5) is 13.2. The van der Waals surface area contributed by atoms with Crippen molar-refractivity contribution in [2.24, 2.45) is 0 Å². The van der Waals surface area contributed by atoms with Crippen molar-refractivity contribution in [1.29, 1.82) is 0 Å². The Balaban J connectivity index is 1.58. The van der Waals surface area contributed by atoms with Crippen LogP contribution in [0.15, 0.2) is 47.4 Å². The Hall–Kier alpha value is -2.73. The molecular formula is C20H19F5N2O4S. The Kier molecular flexibility index (Phi) is 7.03. The van der Waals surface area contributed by atoms with E-state index < -0.39 is 32.9 Å². The molecule has 1 amide bonds. The molecule has 2 aromatic rings. The number of hydrogen-bond acceptors (Lipinski definition) is 4. The lowest BCUT2D eigenvalue weighted by atomic mass is 10.1. The van der Waals surface area contributed by atoms with E-state index in [-0.39, 0.29) is 56.2 Å². The van der Waals surface area contributed by atoms with Crippen molar-refractivity contribution in [3.8, 4) is 5.75 Å². The normalized spacial score (nSPS) is 15.6. The molecule has 0 unspecified atom stereocenters. The molecule has 1 saturated heterocycles. The molecule has 6 nitrogen and oxygen atoms in total. The van der Waals surface area contributed by atoms with Crippen LogP contribution in [0.3, 0.4) is 0 Å². The molecular weight excluding hydrogens is 459 g/mol. The van der Waals surface area contributed by atoms with Crippen molar-refractivity contribution in [1.82, 2.24) is 9.21 Å². The van der Waals surface area contributed by atoms with Crippen molar-refractivity contribution in [3.63, 3.8) is 0 Å². The van der Waals surface area contributed by atoms with Crippen molar-refractivity contribution in [2.45, 2.75) is 24.1 Å². The van der Waals surface area contributed by atoms with Crippen LogP contribution in [0.4, 0.5) is 22.0 Å². The monoisotopic (exact) mass is 478 g/mol. The second kappa shape index (κ2) is 9.41. The van der Waals surface area contributed by atoms with Crippen LogP contribution >= 0.6 is 0 Å². The number of para-hydroxylation sites is 1. The lowest BCUT2D eigenvalue weighted by Gasteiger charge is -2.34. The molecule has 0 N–H and O–H groups in total. The number of hydrogen-bond donors (Lipinski definition) is 0. The minimum absolute atomic E-state index is 0.00436.